The quantitative estimate of drug-likeness (QED) is 0.206. The molecule has 0 bridgehead atoms. The Morgan fingerprint density at radius 3 is 2.23 bits per heavy atom. The van der Waals surface area contributed by atoms with E-state index in [1.165, 1.54) is 43.2 Å². The highest BCUT2D eigenvalue weighted by Gasteiger charge is 2.34. The van der Waals surface area contributed by atoms with E-state index in [-0.39, 0.29) is 34.6 Å². The summed E-state index contributed by atoms with van der Waals surface area (Å²) < 4.78 is 34.2. The number of nitro benzene ring substituents is 1. The molecular formula is C31H38N4O7S. The van der Waals surface area contributed by atoms with E-state index in [1.54, 1.807) is 19.1 Å². The van der Waals surface area contributed by atoms with Crippen LogP contribution in [0.5, 0.6) is 5.75 Å². The summed E-state index contributed by atoms with van der Waals surface area (Å²) in [5, 5.41) is 14.5. The highest BCUT2D eigenvalue weighted by molar-refractivity contribution is 7.92. The second-order valence-corrected chi connectivity index (χ2v) is 12.3. The van der Waals surface area contributed by atoms with Crippen molar-refractivity contribution in [3.63, 3.8) is 0 Å². The van der Waals surface area contributed by atoms with Crippen LogP contribution in [-0.4, -0.2) is 56.3 Å². The van der Waals surface area contributed by atoms with E-state index in [0.29, 0.717) is 24.3 Å². The largest absolute Gasteiger partial charge is 0.497 e. The third-order valence-corrected chi connectivity index (χ3v) is 8.64. The van der Waals surface area contributed by atoms with Crippen molar-refractivity contribution in [2.45, 2.75) is 51.6 Å². The number of ether oxygens (including phenoxy) is 1. The highest BCUT2D eigenvalue weighted by atomic mass is 32.2. The van der Waals surface area contributed by atoms with Gasteiger partial charge in [0.15, 0.2) is 0 Å². The third kappa shape index (κ3) is 8.31. The molecule has 0 radical (unpaired) electrons. The van der Waals surface area contributed by atoms with Crippen LogP contribution in [0.25, 0.3) is 0 Å². The number of carbonyl (C=O) groups excluding carboxylic acids is 2. The second-order valence-electron chi connectivity index (χ2n) is 10.5. The monoisotopic (exact) mass is 610 g/mol. The molecule has 0 aromatic heterocycles. The van der Waals surface area contributed by atoms with Crippen molar-refractivity contribution in [2.75, 3.05) is 24.5 Å². The zero-order valence-corrected chi connectivity index (χ0v) is 25.8. The first-order chi connectivity index (χ1) is 20.4. The van der Waals surface area contributed by atoms with Crippen LogP contribution >= 0.6 is 0 Å². The Morgan fingerprint density at radius 2 is 1.67 bits per heavy atom. The Bertz CT molecular complexity index is 1530. The predicted molar refractivity (Wildman–Crippen MR) is 164 cm³/mol. The Balaban J connectivity index is 2.09. The number of sulfonamides is 1. The van der Waals surface area contributed by atoms with Crippen molar-refractivity contribution in [3.8, 4) is 5.75 Å². The van der Waals surface area contributed by atoms with Crippen LogP contribution < -0.4 is 14.4 Å². The van der Waals surface area contributed by atoms with Gasteiger partial charge in [-0.15, -0.1) is 0 Å². The first-order valence-corrected chi connectivity index (χ1v) is 15.4. The summed E-state index contributed by atoms with van der Waals surface area (Å²) in [5.74, 6) is -0.295. The van der Waals surface area contributed by atoms with Gasteiger partial charge in [0.05, 0.1) is 22.6 Å². The number of hydrogen-bond donors (Lipinski definition) is 1. The van der Waals surface area contributed by atoms with E-state index in [0.717, 1.165) is 15.9 Å². The number of anilines is 1. The molecule has 3 aromatic rings. The molecule has 0 aliphatic carbocycles. The SMILES string of the molecule is CC[C@@H](C(=O)NCC(C)C)N(Cc1ccccc1)C(=O)CN(c1ccc(OC)cc1)S(=O)(=O)c1ccc(C)c([N+](=O)[O-])c1. The van der Waals surface area contributed by atoms with Crippen LogP contribution in [0, 0.1) is 23.0 Å². The number of methoxy groups -OCH3 is 1. The maximum atomic E-state index is 14.1. The number of nitrogens with zero attached hydrogens (tertiary/aromatic N) is 3. The maximum absolute atomic E-state index is 14.1. The van der Waals surface area contributed by atoms with Crippen LogP contribution in [0.15, 0.2) is 77.7 Å². The van der Waals surface area contributed by atoms with Gasteiger partial charge in [-0.3, -0.25) is 24.0 Å². The van der Waals surface area contributed by atoms with E-state index >= 15 is 0 Å². The number of rotatable bonds is 14. The van der Waals surface area contributed by atoms with E-state index in [2.05, 4.69) is 5.32 Å². The molecule has 43 heavy (non-hydrogen) atoms. The van der Waals surface area contributed by atoms with Gasteiger partial charge >= 0.3 is 0 Å². The summed E-state index contributed by atoms with van der Waals surface area (Å²) in [6, 6.07) is 17.9. The highest BCUT2D eigenvalue weighted by Crippen LogP contribution is 2.29. The van der Waals surface area contributed by atoms with Crippen LogP contribution in [0.4, 0.5) is 11.4 Å². The lowest BCUT2D eigenvalue weighted by Gasteiger charge is -2.33. The molecule has 1 atom stereocenters. The molecular weight excluding hydrogens is 572 g/mol. The Kier molecular flexibility index (Phi) is 11.2. The number of amides is 2. The number of hydrogen-bond acceptors (Lipinski definition) is 7. The fraction of sp³-hybridized carbons (Fsp3) is 0.355. The minimum absolute atomic E-state index is 0.0692. The van der Waals surface area contributed by atoms with Crippen molar-refractivity contribution >= 4 is 33.2 Å². The minimum Gasteiger partial charge on any atom is -0.497 e. The molecule has 0 fully saturated rings. The summed E-state index contributed by atoms with van der Waals surface area (Å²) in [4.78, 5) is 39.4. The van der Waals surface area contributed by atoms with E-state index in [9.17, 15) is 28.1 Å². The zero-order valence-electron chi connectivity index (χ0n) is 25.0. The van der Waals surface area contributed by atoms with Gasteiger partial charge in [0.1, 0.15) is 18.3 Å². The molecule has 11 nitrogen and oxygen atoms in total. The molecule has 3 aromatic carbocycles. The minimum atomic E-state index is -4.48. The average Bonchev–Trinajstić information content (AvgIpc) is 2.99. The Labute approximate surface area is 252 Å². The van der Waals surface area contributed by atoms with E-state index < -0.39 is 33.4 Å². The van der Waals surface area contributed by atoms with Crippen molar-refractivity contribution in [2.24, 2.45) is 5.92 Å². The summed E-state index contributed by atoms with van der Waals surface area (Å²) in [6.45, 7) is 7.05. The van der Waals surface area contributed by atoms with E-state index in [4.69, 9.17) is 4.74 Å². The smallest absolute Gasteiger partial charge is 0.273 e. The number of nitrogens with one attached hydrogen (secondary N) is 1. The van der Waals surface area contributed by atoms with Crippen molar-refractivity contribution in [1.29, 1.82) is 0 Å². The molecule has 0 spiro atoms. The third-order valence-electron chi connectivity index (χ3n) is 6.87. The van der Waals surface area contributed by atoms with Gasteiger partial charge in [-0.25, -0.2) is 8.42 Å². The zero-order chi connectivity index (χ0) is 31.7. The summed E-state index contributed by atoms with van der Waals surface area (Å²) in [6.07, 6.45) is 0.294. The standard InChI is InChI=1S/C31H38N4O7S/c1-6-28(31(37)32-19-22(2)3)33(20-24-10-8-7-9-11-24)30(36)21-34(25-13-15-26(42-5)16-14-25)43(40,41)27-17-12-23(4)29(18-27)35(38)39/h7-18,22,28H,6,19-21H2,1-5H3,(H,32,37)/t28-/m0/s1. The van der Waals surface area contributed by atoms with Crippen LogP contribution in [-0.2, 0) is 26.2 Å². The molecule has 2 amide bonds. The normalized spacial score (nSPS) is 12.0. The van der Waals surface area contributed by atoms with Crippen molar-refractivity contribution in [1.82, 2.24) is 10.2 Å². The maximum Gasteiger partial charge on any atom is 0.273 e. The summed E-state index contributed by atoms with van der Waals surface area (Å²) in [7, 11) is -3.01. The molecule has 0 saturated heterocycles. The fourth-order valence-corrected chi connectivity index (χ4v) is 5.91. The Morgan fingerprint density at radius 1 is 1.02 bits per heavy atom. The van der Waals surface area contributed by atoms with Crippen LogP contribution in [0.3, 0.4) is 0 Å². The average molecular weight is 611 g/mol. The fourth-order valence-electron chi connectivity index (χ4n) is 4.47. The molecule has 0 heterocycles. The first kappa shape index (κ1) is 33.1. The predicted octanol–water partition coefficient (Wildman–Crippen LogP) is 4.69. The van der Waals surface area contributed by atoms with Crippen LogP contribution in [0.2, 0.25) is 0 Å². The van der Waals surface area contributed by atoms with Gasteiger partial charge in [0.25, 0.3) is 15.7 Å². The molecule has 12 heteroatoms. The number of carbonyl (C=O) groups is 2. The molecule has 0 aliphatic rings. The van der Waals surface area contributed by atoms with Crippen molar-refractivity contribution in [3.05, 3.63) is 94.0 Å². The van der Waals surface area contributed by atoms with Gasteiger partial charge in [0, 0.05) is 24.7 Å². The lowest BCUT2D eigenvalue weighted by Crippen LogP contribution is -2.52. The first-order valence-electron chi connectivity index (χ1n) is 13.9. The molecule has 230 valence electrons. The van der Waals surface area contributed by atoms with Crippen molar-refractivity contribution < 1.29 is 27.7 Å². The number of nitro groups is 1. The van der Waals surface area contributed by atoms with Crippen LogP contribution in [0.1, 0.15) is 38.3 Å². The molecule has 0 saturated carbocycles. The van der Waals surface area contributed by atoms with Gasteiger partial charge < -0.3 is 15.0 Å². The van der Waals surface area contributed by atoms with Gasteiger partial charge in [0.2, 0.25) is 11.8 Å². The van der Waals surface area contributed by atoms with Gasteiger partial charge in [-0.1, -0.05) is 57.2 Å². The van der Waals surface area contributed by atoms with Gasteiger partial charge in [-0.2, -0.15) is 0 Å². The molecule has 1 N–H and O–H groups in total. The second kappa shape index (κ2) is 14.6. The van der Waals surface area contributed by atoms with Gasteiger partial charge in [-0.05, 0) is 55.2 Å². The lowest BCUT2D eigenvalue weighted by molar-refractivity contribution is -0.385. The number of benzene rings is 3. The Hall–Kier alpha value is -4.45. The topological polar surface area (TPSA) is 139 Å². The summed E-state index contributed by atoms with van der Waals surface area (Å²) >= 11 is 0. The van der Waals surface area contributed by atoms with E-state index in [1.807, 2.05) is 44.2 Å². The lowest BCUT2D eigenvalue weighted by atomic mass is 10.1. The summed E-state index contributed by atoms with van der Waals surface area (Å²) in [5.41, 5.74) is 0.845. The number of aryl methyl sites for hydroxylation is 1. The molecule has 3 rings (SSSR count). The molecule has 0 aliphatic heterocycles. The molecule has 0 unspecified atom stereocenters.